The summed E-state index contributed by atoms with van der Waals surface area (Å²) in [4.78, 5) is 9.43. The molecule has 0 saturated carbocycles. The van der Waals surface area contributed by atoms with Gasteiger partial charge in [0.2, 0.25) is 11.8 Å². The van der Waals surface area contributed by atoms with Gasteiger partial charge in [0.1, 0.15) is 29.6 Å². The first-order chi connectivity index (χ1) is 17.0. The maximum absolute atomic E-state index is 6.08. The largest absolute Gasteiger partial charge is 0.497 e. The highest BCUT2D eigenvalue weighted by Crippen LogP contribution is 2.34. The predicted octanol–water partition coefficient (Wildman–Crippen LogP) is 5.60. The normalized spacial score (nSPS) is 11.1. The first kappa shape index (κ1) is 22.5. The quantitative estimate of drug-likeness (QED) is 0.306. The van der Waals surface area contributed by atoms with E-state index in [0.29, 0.717) is 34.7 Å². The van der Waals surface area contributed by atoms with Crippen LogP contribution in [0.4, 0.5) is 0 Å². The lowest BCUT2D eigenvalue weighted by Gasteiger charge is -2.08. The number of hydrogen-bond donors (Lipinski definition) is 0. The minimum Gasteiger partial charge on any atom is -0.497 e. The average Bonchev–Trinajstić information content (AvgIpc) is 3.42. The lowest BCUT2D eigenvalue weighted by atomic mass is 10.2. The van der Waals surface area contributed by atoms with Crippen LogP contribution in [-0.2, 0) is 6.61 Å². The molecular formula is C27H26N4O4. The van der Waals surface area contributed by atoms with Gasteiger partial charge in [0.05, 0.1) is 31.2 Å². The number of oxazole rings is 1. The zero-order chi connectivity index (χ0) is 24.5. The number of fused-ring (bicyclic) bond motifs is 1. The second-order valence-electron chi connectivity index (χ2n) is 8.19. The molecule has 3 aromatic heterocycles. The number of aromatic nitrogens is 4. The van der Waals surface area contributed by atoms with Gasteiger partial charge in [0.25, 0.3) is 0 Å². The zero-order valence-electron chi connectivity index (χ0n) is 20.3. The molecule has 35 heavy (non-hydrogen) atoms. The molecule has 0 fully saturated rings. The summed E-state index contributed by atoms with van der Waals surface area (Å²) < 4.78 is 24.6. The summed E-state index contributed by atoms with van der Waals surface area (Å²) in [6.45, 7) is 6.10. The molecular weight excluding hydrogens is 444 g/mol. The monoisotopic (exact) mass is 470 g/mol. The summed E-state index contributed by atoms with van der Waals surface area (Å²) in [7, 11) is 3.21. The van der Waals surface area contributed by atoms with Crippen LogP contribution in [0.2, 0.25) is 0 Å². The van der Waals surface area contributed by atoms with Gasteiger partial charge >= 0.3 is 0 Å². The van der Waals surface area contributed by atoms with Gasteiger partial charge in [-0.2, -0.15) is 10.1 Å². The zero-order valence-corrected chi connectivity index (χ0v) is 20.3. The Labute approximate surface area is 203 Å². The molecule has 0 bridgehead atoms. The Balaban J connectivity index is 1.44. The Morgan fingerprint density at radius 1 is 0.914 bits per heavy atom. The van der Waals surface area contributed by atoms with Crippen LogP contribution in [0.5, 0.6) is 17.4 Å². The highest BCUT2D eigenvalue weighted by atomic mass is 16.5. The van der Waals surface area contributed by atoms with Gasteiger partial charge in [-0.15, -0.1) is 0 Å². The molecule has 0 atom stereocenters. The number of hydrogen-bond acceptors (Lipinski definition) is 7. The molecule has 0 aliphatic heterocycles. The van der Waals surface area contributed by atoms with Crippen molar-refractivity contribution in [3.8, 4) is 34.5 Å². The van der Waals surface area contributed by atoms with Crippen molar-refractivity contribution in [2.24, 2.45) is 0 Å². The van der Waals surface area contributed by atoms with Crippen LogP contribution in [0, 0.1) is 20.8 Å². The Hall–Kier alpha value is -4.33. The SMILES string of the molecule is COc1ccc(-c2nc(COc3cc(C)c4c(C)nn(-c5ccccc5)c4n3)c(C)o2)c(OC)c1. The summed E-state index contributed by atoms with van der Waals surface area (Å²) in [5, 5.41) is 5.73. The van der Waals surface area contributed by atoms with Gasteiger partial charge < -0.3 is 18.6 Å². The Morgan fingerprint density at radius 2 is 1.71 bits per heavy atom. The minimum absolute atomic E-state index is 0.213. The Kier molecular flexibility index (Phi) is 5.86. The maximum atomic E-state index is 6.08. The van der Waals surface area contributed by atoms with Crippen LogP contribution in [0.25, 0.3) is 28.2 Å². The van der Waals surface area contributed by atoms with Crippen molar-refractivity contribution < 1.29 is 18.6 Å². The van der Waals surface area contributed by atoms with Crippen molar-refractivity contribution in [2.45, 2.75) is 27.4 Å². The lowest BCUT2D eigenvalue weighted by molar-refractivity contribution is 0.288. The molecule has 0 amide bonds. The van der Waals surface area contributed by atoms with E-state index in [9.17, 15) is 0 Å². The molecule has 0 saturated heterocycles. The van der Waals surface area contributed by atoms with Gasteiger partial charge in [-0.05, 0) is 50.6 Å². The molecule has 0 N–H and O–H groups in total. The molecule has 0 radical (unpaired) electrons. The number of nitrogens with zero attached hydrogens (tertiary/aromatic N) is 4. The van der Waals surface area contributed by atoms with E-state index in [0.717, 1.165) is 33.5 Å². The van der Waals surface area contributed by atoms with Crippen molar-refractivity contribution in [1.29, 1.82) is 0 Å². The van der Waals surface area contributed by atoms with Crippen LogP contribution >= 0.6 is 0 Å². The molecule has 0 aliphatic carbocycles. The Morgan fingerprint density at radius 3 is 2.46 bits per heavy atom. The van der Waals surface area contributed by atoms with Gasteiger partial charge in [0, 0.05) is 17.5 Å². The molecule has 0 aliphatic rings. The molecule has 5 rings (SSSR count). The average molecular weight is 471 g/mol. The van der Waals surface area contributed by atoms with E-state index in [-0.39, 0.29) is 6.61 Å². The van der Waals surface area contributed by atoms with Crippen LogP contribution in [0.15, 0.2) is 59.0 Å². The van der Waals surface area contributed by atoms with Gasteiger partial charge in [0.15, 0.2) is 5.65 Å². The third-order valence-electron chi connectivity index (χ3n) is 5.88. The minimum atomic E-state index is 0.213. The molecule has 8 nitrogen and oxygen atoms in total. The van der Waals surface area contributed by atoms with Crippen LogP contribution in [0.1, 0.15) is 22.7 Å². The van der Waals surface area contributed by atoms with Gasteiger partial charge in [-0.1, -0.05) is 18.2 Å². The van der Waals surface area contributed by atoms with Crippen molar-refractivity contribution in [2.75, 3.05) is 14.2 Å². The smallest absolute Gasteiger partial charge is 0.230 e. The van der Waals surface area contributed by atoms with Crippen molar-refractivity contribution >= 4 is 11.0 Å². The fraction of sp³-hybridized carbons (Fsp3) is 0.222. The number of para-hydroxylation sites is 1. The summed E-state index contributed by atoms with van der Waals surface area (Å²) in [5.74, 6) is 2.93. The lowest BCUT2D eigenvalue weighted by Crippen LogP contribution is -2.02. The molecule has 178 valence electrons. The standard InChI is InChI=1S/C27H26N4O4/c1-16-13-24(29-26-25(16)17(2)30-31(26)19-9-7-6-8-10-19)34-15-22-18(3)35-27(28-22)21-12-11-20(32-4)14-23(21)33-5/h6-14H,15H2,1-5H3. The predicted molar refractivity (Wildman–Crippen MR) is 132 cm³/mol. The molecule has 0 unspecified atom stereocenters. The fourth-order valence-corrected chi connectivity index (χ4v) is 4.09. The third kappa shape index (κ3) is 4.19. The summed E-state index contributed by atoms with van der Waals surface area (Å²) >= 11 is 0. The van der Waals surface area contributed by atoms with E-state index in [2.05, 4.69) is 4.98 Å². The van der Waals surface area contributed by atoms with Crippen molar-refractivity contribution in [1.82, 2.24) is 19.7 Å². The Bertz CT molecular complexity index is 1510. The number of pyridine rings is 1. The topological polar surface area (TPSA) is 84.4 Å². The van der Waals surface area contributed by atoms with E-state index >= 15 is 0 Å². The van der Waals surface area contributed by atoms with E-state index in [1.165, 1.54) is 0 Å². The van der Waals surface area contributed by atoms with Crippen LogP contribution < -0.4 is 14.2 Å². The van der Waals surface area contributed by atoms with Crippen LogP contribution in [0.3, 0.4) is 0 Å². The third-order valence-corrected chi connectivity index (χ3v) is 5.88. The van der Waals surface area contributed by atoms with Gasteiger partial charge in [-0.3, -0.25) is 0 Å². The van der Waals surface area contributed by atoms with E-state index in [4.69, 9.17) is 28.7 Å². The highest BCUT2D eigenvalue weighted by molar-refractivity contribution is 5.84. The summed E-state index contributed by atoms with van der Waals surface area (Å²) in [6, 6.07) is 17.4. The number of ether oxygens (including phenoxy) is 3. The van der Waals surface area contributed by atoms with E-state index in [1.807, 2.05) is 74.0 Å². The number of benzene rings is 2. The number of aryl methyl sites for hydroxylation is 3. The first-order valence-electron chi connectivity index (χ1n) is 11.2. The molecule has 3 heterocycles. The molecule has 8 heteroatoms. The summed E-state index contributed by atoms with van der Waals surface area (Å²) in [5.41, 5.74) is 5.09. The second kappa shape index (κ2) is 9.13. The summed E-state index contributed by atoms with van der Waals surface area (Å²) in [6.07, 6.45) is 0. The first-order valence-corrected chi connectivity index (χ1v) is 11.2. The highest BCUT2D eigenvalue weighted by Gasteiger charge is 2.18. The van der Waals surface area contributed by atoms with E-state index in [1.54, 1.807) is 20.3 Å². The van der Waals surface area contributed by atoms with Crippen molar-refractivity contribution in [3.63, 3.8) is 0 Å². The number of rotatable bonds is 7. The fourth-order valence-electron chi connectivity index (χ4n) is 4.09. The van der Waals surface area contributed by atoms with Gasteiger partial charge in [-0.25, -0.2) is 9.67 Å². The van der Waals surface area contributed by atoms with Crippen molar-refractivity contribution in [3.05, 3.63) is 77.3 Å². The van der Waals surface area contributed by atoms with Crippen LogP contribution in [-0.4, -0.2) is 34.0 Å². The molecule has 2 aromatic carbocycles. The maximum Gasteiger partial charge on any atom is 0.230 e. The molecule has 5 aromatic rings. The second-order valence-corrected chi connectivity index (χ2v) is 8.19. The van der Waals surface area contributed by atoms with E-state index < -0.39 is 0 Å². The molecule has 0 spiro atoms. The number of methoxy groups -OCH3 is 2.